The van der Waals surface area contributed by atoms with Crippen molar-refractivity contribution in [2.45, 2.75) is 51.5 Å². The molecule has 0 spiro atoms. The van der Waals surface area contributed by atoms with Crippen LogP contribution in [0.4, 0.5) is 5.69 Å². The Morgan fingerprint density at radius 3 is 2.64 bits per heavy atom. The van der Waals surface area contributed by atoms with E-state index in [2.05, 4.69) is 18.0 Å². The number of carbonyl (C=O) groups is 2. The lowest BCUT2D eigenvalue weighted by atomic mass is 9.98. The number of likely N-dealkylation sites (tertiary alicyclic amines) is 1. The van der Waals surface area contributed by atoms with Gasteiger partial charge in [0.15, 0.2) is 0 Å². The molecular weight excluding hydrogens is 350 g/mol. The zero-order valence-corrected chi connectivity index (χ0v) is 16.4. The summed E-state index contributed by atoms with van der Waals surface area (Å²) in [6, 6.07) is 10.0. The van der Waals surface area contributed by atoms with Crippen molar-refractivity contribution >= 4 is 17.5 Å². The monoisotopic (exact) mass is 377 g/mol. The van der Waals surface area contributed by atoms with Gasteiger partial charge < -0.3 is 9.80 Å². The summed E-state index contributed by atoms with van der Waals surface area (Å²) in [5.41, 5.74) is 3.16. The third kappa shape index (κ3) is 3.53. The van der Waals surface area contributed by atoms with Crippen molar-refractivity contribution < 1.29 is 9.59 Å². The Morgan fingerprint density at radius 1 is 1.04 bits per heavy atom. The van der Waals surface area contributed by atoms with Gasteiger partial charge in [0, 0.05) is 37.2 Å². The van der Waals surface area contributed by atoms with Crippen molar-refractivity contribution in [3.63, 3.8) is 0 Å². The number of aryl methyl sites for hydroxylation is 1. The van der Waals surface area contributed by atoms with E-state index in [1.807, 2.05) is 28.0 Å². The lowest BCUT2D eigenvalue weighted by molar-refractivity contribution is 0.0607. The minimum absolute atomic E-state index is 0.00672. The quantitative estimate of drug-likeness (QED) is 0.810. The number of nitrogens with zero attached hydrogens (tertiary/aromatic N) is 3. The van der Waals surface area contributed by atoms with Crippen molar-refractivity contribution in [2.24, 2.45) is 0 Å². The minimum Gasteiger partial charge on any atom is -0.336 e. The van der Waals surface area contributed by atoms with Crippen LogP contribution in [-0.4, -0.2) is 40.8 Å². The summed E-state index contributed by atoms with van der Waals surface area (Å²) in [4.78, 5) is 34.3. The number of anilines is 1. The van der Waals surface area contributed by atoms with E-state index in [0.717, 1.165) is 44.3 Å². The maximum atomic E-state index is 13.2. The van der Waals surface area contributed by atoms with E-state index in [0.29, 0.717) is 17.7 Å². The number of piperidine rings is 1. The second-order valence-corrected chi connectivity index (χ2v) is 7.71. The van der Waals surface area contributed by atoms with Crippen molar-refractivity contribution in [2.75, 3.05) is 18.0 Å². The Labute approximate surface area is 166 Å². The van der Waals surface area contributed by atoms with Gasteiger partial charge in [0.25, 0.3) is 11.8 Å². The van der Waals surface area contributed by atoms with E-state index in [1.54, 1.807) is 18.5 Å². The second-order valence-electron chi connectivity index (χ2n) is 7.71. The van der Waals surface area contributed by atoms with E-state index in [9.17, 15) is 9.59 Å². The number of carbonyl (C=O) groups excluding carboxylic acids is 2. The molecule has 0 N–H and O–H groups in total. The number of hydrogen-bond acceptors (Lipinski definition) is 3. The highest BCUT2D eigenvalue weighted by Gasteiger charge is 2.28. The standard InChI is InChI=1S/C23H27N3O2/c1-2-20-10-5-6-12-25(20)22(27)18-14-19(16-24-15-18)23(28)26-13-7-9-17-8-3-4-11-21(17)26/h3-4,8,11,14-16,20H,2,5-7,9-10,12-13H2,1H3. The third-order valence-electron chi connectivity index (χ3n) is 5.95. The van der Waals surface area contributed by atoms with Gasteiger partial charge in [-0.15, -0.1) is 0 Å². The number of benzene rings is 1. The van der Waals surface area contributed by atoms with Crippen LogP contribution in [0.5, 0.6) is 0 Å². The van der Waals surface area contributed by atoms with E-state index < -0.39 is 0 Å². The normalized spacial score (nSPS) is 19.2. The fourth-order valence-corrected chi connectivity index (χ4v) is 4.43. The molecule has 1 fully saturated rings. The molecule has 0 bridgehead atoms. The number of pyridine rings is 1. The lowest BCUT2D eigenvalue weighted by Gasteiger charge is -2.35. The molecule has 146 valence electrons. The first kappa shape index (κ1) is 18.7. The lowest BCUT2D eigenvalue weighted by Crippen LogP contribution is -2.43. The zero-order valence-electron chi connectivity index (χ0n) is 16.4. The smallest absolute Gasteiger partial charge is 0.259 e. The number of aromatic nitrogens is 1. The molecular formula is C23H27N3O2. The topological polar surface area (TPSA) is 53.5 Å². The highest BCUT2D eigenvalue weighted by atomic mass is 16.2. The van der Waals surface area contributed by atoms with Crippen LogP contribution in [0.3, 0.4) is 0 Å². The van der Waals surface area contributed by atoms with Crippen LogP contribution in [0, 0.1) is 0 Å². The summed E-state index contributed by atoms with van der Waals surface area (Å²) in [6.45, 7) is 3.61. The SMILES string of the molecule is CCC1CCCCN1C(=O)c1cncc(C(=O)N2CCCc3ccccc32)c1. The number of hydrogen-bond donors (Lipinski definition) is 0. The highest BCUT2D eigenvalue weighted by Crippen LogP contribution is 2.28. The molecule has 2 aliphatic rings. The number of rotatable bonds is 3. The average Bonchev–Trinajstić information content (AvgIpc) is 2.77. The molecule has 3 heterocycles. The van der Waals surface area contributed by atoms with Crippen LogP contribution in [0.25, 0.3) is 0 Å². The molecule has 0 saturated carbocycles. The molecule has 28 heavy (non-hydrogen) atoms. The van der Waals surface area contributed by atoms with Crippen LogP contribution >= 0.6 is 0 Å². The van der Waals surface area contributed by atoms with Gasteiger partial charge in [0.2, 0.25) is 0 Å². The first-order valence-electron chi connectivity index (χ1n) is 10.3. The van der Waals surface area contributed by atoms with Gasteiger partial charge in [-0.05, 0) is 56.2 Å². The first-order chi connectivity index (χ1) is 13.7. The van der Waals surface area contributed by atoms with E-state index in [4.69, 9.17) is 0 Å². The molecule has 0 aliphatic carbocycles. The molecule has 5 heteroatoms. The van der Waals surface area contributed by atoms with E-state index >= 15 is 0 Å². The molecule has 1 saturated heterocycles. The molecule has 1 aromatic heterocycles. The molecule has 2 aromatic rings. The van der Waals surface area contributed by atoms with Crippen LogP contribution in [-0.2, 0) is 6.42 Å². The van der Waals surface area contributed by atoms with Crippen molar-refractivity contribution in [1.29, 1.82) is 0 Å². The zero-order chi connectivity index (χ0) is 19.5. The van der Waals surface area contributed by atoms with Crippen LogP contribution in [0.1, 0.15) is 65.3 Å². The fraction of sp³-hybridized carbons (Fsp3) is 0.435. The van der Waals surface area contributed by atoms with E-state index in [-0.39, 0.29) is 17.9 Å². The van der Waals surface area contributed by atoms with Gasteiger partial charge in [0.1, 0.15) is 0 Å². The minimum atomic E-state index is -0.0833. The maximum Gasteiger partial charge on any atom is 0.259 e. The molecule has 1 unspecified atom stereocenters. The Balaban J connectivity index is 1.59. The van der Waals surface area contributed by atoms with Crippen molar-refractivity contribution in [3.8, 4) is 0 Å². The highest BCUT2D eigenvalue weighted by molar-refractivity contribution is 6.08. The van der Waals surface area contributed by atoms with Crippen LogP contribution in [0.15, 0.2) is 42.7 Å². The fourth-order valence-electron chi connectivity index (χ4n) is 4.43. The van der Waals surface area contributed by atoms with Gasteiger partial charge >= 0.3 is 0 Å². The van der Waals surface area contributed by atoms with Crippen LogP contribution < -0.4 is 4.90 Å². The molecule has 4 rings (SSSR count). The number of fused-ring (bicyclic) bond motifs is 1. The predicted octanol–water partition coefficient (Wildman–Crippen LogP) is 4.08. The van der Waals surface area contributed by atoms with Gasteiger partial charge in [-0.25, -0.2) is 0 Å². The molecule has 5 nitrogen and oxygen atoms in total. The van der Waals surface area contributed by atoms with Crippen molar-refractivity contribution in [1.82, 2.24) is 9.88 Å². The summed E-state index contributed by atoms with van der Waals surface area (Å²) >= 11 is 0. The van der Waals surface area contributed by atoms with Gasteiger partial charge in [0.05, 0.1) is 11.1 Å². The number of para-hydroxylation sites is 1. The van der Waals surface area contributed by atoms with Gasteiger partial charge in [-0.2, -0.15) is 0 Å². The Hall–Kier alpha value is -2.69. The average molecular weight is 377 g/mol. The third-order valence-corrected chi connectivity index (χ3v) is 5.95. The summed E-state index contributed by atoms with van der Waals surface area (Å²) in [5, 5.41) is 0. The Morgan fingerprint density at radius 2 is 1.82 bits per heavy atom. The van der Waals surface area contributed by atoms with Crippen molar-refractivity contribution in [3.05, 3.63) is 59.4 Å². The predicted molar refractivity (Wildman–Crippen MR) is 110 cm³/mol. The molecule has 2 aliphatic heterocycles. The first-order valence-corrected chi connectivity index (χ1v) is 10.3. The summed E-state index contributed by atoms with van der Waals surface area (Å²) < 4.78 is 0. The van der Waals surface area contributed by atoms with E-state index in [1.165, 1.54) is 12.0 Å². The Kier molecular flexibility index (Phi) is 5.42. The molecule has 2 amide bonds. The second kappa shape index (κ2) is 8.13. The van der Waals surface area contributed by atoms with Crippen LogP contribution in [0.2, 0.25) is 0 Å². The summed E-state index contributed by atoms with van der Waals surface area (Å²) in [6.07, 6.45) is 9.33. The van der Waals surface area contributed by atoms with Gasteiger partial charge in [-0.1, -0.05) is 25.1 Å². The number of amides is 2. The van der Waals surface area contributed by atoms with Gasteiger partial charge in [-0.3, -0.25) is 14.6 Å². The largest absolute Gasteiger partial charge is 0.336 e. The summed E-state index contributed by atoms with van der Waals surface area (Å²) in [7, 11) is 0. The molecule has 1 aromatic carbocycles. The Bertz CT molecular complexity index is 880. The molecule has 1 atom stereocenters. The molecule has 0 radical (unpaired) electrons. The maximum absolute atomic E-state index is 13.2. The summed E-state index contributed by atoms with van der Waals surface area (Å²) in [5.74, 6) is -0.0901.